The number of aliphatic hydroxyl groups is 3. The molecule has 13 atom stereocenters. The first-order valence-electron chi connectivity index (χ1n) is 21.6. The fourth-order valence-corrected chi connectivity index (χ4v) is 11.8. The molecule has 294 valence electrons. The highest BCUT2D eigenvalue weighted by atomic mass is 16.7. The molecule has 1 saturated heterocycles. The van der Waals surface area contributed by atoms with E-state index in [2.05, 4.69) is 47.6 Å². The molecule has 5 rings (SSSR count). The molecule has 13 unspecified atom stereocenters. The average Bonchev–Trinajstić information content (AvgIpc) is 3.46. The van der Waals surface area contributed by atoms with Gasteiger partial charge in [0, 0.05) is 6.42 Å². The molecule has 51 heavy (non-hydrogen) atoms. The van der Waals surface area contributed by atoms with E-state index in [1.54, 1.807) is 0 Å². The van der Waals surface area contributed by atoms with Crippen molar-refractivity contribution in [1.29, 1.82) is 0 Å². The zero-order valence-electron chi connectivity index (χ0n) is 33.3. The number of unbranched alkanes of at least 4 members (excludes halogenated alkanes) is 7. The van der Waals surface area contributed by atoms with Gasteiger partial charge in [-0.3, -0.25) is 4.79 Å². The summed E-state index contributed by atoms with van der Waals surface area (Å²) in [4.78, 5) is 12.4. The summed E-state index contributed by atoms with van der Waals surface area (Å²) in [6.07, 6.45) is 19.2. The molecule has 0 aromatic carbocycles. The van der Waals surface area contributed by atoms with Crippen molar-refractivity contribution in [3.8, 4) is 0 Å². The van der Waals surface area contributed by atoms with Crippen molar-refractivity contribution >= 4 is 5.97 Å². The van der Waals surface area contributed by atoms with E-state index in [0.717, 1.165) is 74.5 Å². The summed E-state index contributed by atoms with van der Waals surface area (Å²) in [6, 6.07) is 0. The van der Waals surface area contributed by atoms with Crippen LogP contribution in [0.25, 0.3) is 0 Å². The number of aliphatic hydroxyl groups excluding tert-OH is 3. The molecule has 0 aromatic heterocycles. The van der Waals surface area contributed by atoms with Gasteiger partial charge in [0.25, 0.3) is 0 Å². The second-order valence-corrected chi connectivity index (χ2v) is 18.7. The number of carbonyl (C=O) groups is 1. The lowest BCUT2D eigenvalue weighted by Gasteiger charge is -2.58. The van der Waals surface area contributed by atoms with E-state index in [0.29, 0.717) is 17.8 Å². The number of esters is 1. The minimum atomic E-state index is -1.44. The Labute approximate surface area is 311 Å². The van der Waals surface area contributed by atoms with E-state index < -0.39 is 30.7 Å². The largest absolute Gasteiger partial charge is 0.463 e. The van der Waals surface area contributed by atoms with Crippen LogP contribution in [0.3, 0.4) is 0 Å². The molecule has 4 aliphatic carbocycles. The number of rotatable bonds is 18. The number of ether oxygens (including phenoxy) is 3. The molecular weight excluding hydrogens is 640 g/mol. The first-order valence-corrected chi connectivity index (χ1v) is 21.6. The van der Waals surface area contributed by atoms with E-state index >= 15 is 0 Å². The zero-order chi connectivity index (χ0) is 36.8. The molecule has 3 saturated carbocycles. The molecule has 1 heterocycles. The Kier molecular flexibility index (Phi) is 15.0. The van der Waals surface area contributed by atoms with Gasteiger partial charge in [0.15, 0.2) is 6.29 Å². The fourth-order valence-electron chi connectivity index (χ4n) is 11.8. The Balaban J connectivity index is 1.11. The predicted octanol–water partition coefficient (Wildman–Crippen LogP) is 9.29. The van der Waals surface area contributed by atoms with Crippen LogP contribution in [0.4, 0.5) is 0 Å². The van der Waals surface area contributed by atoms with Gasteiger partial charge in [0.2, 0.25) is 0 Å². The minimum absolute atomic E-state index is 0.135. The van der Waals surface area contributed by atoms with Gasteiger partial charge >= 0.3 is 5.97 Å². The van der Waals surface area contributed by atoms with E-state index in [4.69, 9.17) is 14.2 Å². The van der Waals surface area contributed by atoms with Crippen LogP contribution in [0.15, 0.2) is 11.6 Å². The van der Waals surface area contributed by atoms with Crippen LogP contribution in [0.2, 0.25) is 0 Å². The van der Waals surface area contributed by atoms with Crippen molar-refractivity contribution < 1.29 is 34.3 Å². The maximum atomic E-state index is 12.4. The van der Waals surface area contributed by atoms with Crippen LogP contribution in [-0.4, -0.2) is 64.7 Å². The Morgan fingerprint density at radius 2 is 1.59 bits per heavy atom. The lowest BCUT2D eigenvalue weighted by molar-refractivity contribution is -0.313. The molecule has 0 radical (unpaired) electrons. The van der Waals surface area contributed by atoms with Crippen molar-refractivity contribution in [2.45, 2.75) is 207 Å². The highest BCUT2D eigenvalue weighted by Crippen LogP contribution is 2.67. The SMILES string of the molecule is CCCCCCCCCCC(=O)OCC1OC(OC2CCC3(C)C(=CCC4C3CCC3(C)C(C(C)CCCC(C)C)CCC43)C2)C(O)C(O)C1O. The van der Waals surface area contributed by atoms with Gasteiger partial charge < -0.3 is 29.5 Å². The second kappa shape index (κ2) is 18.6. The highest BCUT2D eigenvalue weighted by Gasteiger charge is 2.59. The second-order valence-electron chi connectivity index (χ2n) is 18.7. The monoisotopic (exact) mass is 717 g/mol. The smallest absolute Gasteiger partial charge is 0.305 e. The summed E-state index contributed by atoms with van der Waals surface area (Å²) in [7, 11) is 0. The number of hydrogen-bond donors (Lipinski definition) is 3. The Morgan fingerprint density at radius 1 is 0.863 bits per heavy atom. The fraction of sp³-hybridized carbons (Fsp3) is 0.932. The third-order valence-electron chi connectivity index (χ3n) is 14.9. The zero-order valence-corrected chi connectivity index (χ0v) is 33.3. The first-order chi connectivity index (χ1) is 24.4. The van der Waals surface area contributed by atoms with Crippen molar-refractivity contribution in [2.24, 2.45) is 46.3 Å². The van der Waals surface area contributed by atoms with Crippen LogP contribution in [-0.2, 0) is 19.0 Å². The van der Waals surface area contributed by atoms with Gasteiger partial charge in [-0.25, -0.2) is 0 Å². The van der Waals surface area contributed by atoms with Gasteiger partial charge in [0.05, 0.1) is 6.10 Å². The molecule has 0 aromatic rings. The van der Waals surface area contributed by atoms with Crippen molar-refractivity contribution in [2.75, 3.05) is 6.61 Å². The minimum Gasteiger partial charge on any atom is -0.463 e. The van der Waals surface area contributed by atoms with Gasteiger partial charge in [-0.1, -0.05) is 117 Å². The lowest BCUT2D eigenvalue weighted by atomic mass is 9.47. The van der Waals surface area contributed by atoms with E-state index in [1.807, 2.05) is 0 Å². The summed E-state index contributed by atoms with van der Waals surface area (Å²) in [6.45, 7) is 14.5. The van der Waals surface area contributed by atoms with E-state index in [1.165, 1.54) is 82.6 Å². The normalized spacial score (nSPS) is 39.9. The molecular formula is C44H76O7. The topological polar surface area (TPSA) is 105 Å². The average molecular weight is 717 g/mol. The molecule has 0 amide bonds. The van der Waals surface area contributed by atoms with Crippen molar-refractivity contribution in [1.82, 2.24) is 0 Å². The molecule has 5 aliphatic rings. The molecule has 0 spiro atoms. The van der Waals surface area contributed by atoms with E-state index in [-0.39, 0.29) is 24.1 Å². The Bertz CT molecular complexity index is 1120. The summed E-state index contributed by atoms with van der Waals surface area (Å²) in [5.74, 6) is 4.45. The third kappa shape index (κ3) is 9.64. The van der Waals surface area contributed by atoms with Gasteiger partial charge in [-0.05, 0) is 104 Å². The number of carbonyl (C=O) groups excluding carboxylic acids is 1. The molecule has 0 bridgehead atoms. The summed E-state index contributed by atoms with van der Waals surface area (Å²) < 4.78 is 17.9. The van der Waals surface area contributed by atoms with Crippen LogP contribution >= 0.6 is 0 Å². The predicted molar refractivity (Wildman–Crippen MR) is 203 cm³/mol. The van der Waals surface area contributed by atoms with Gasteiger partial charge in [-0.15, -0.1) is 0 Å². The van der Waals surface area contributed by atoms with Crippen LogP contribution < -0.4 is 0 Å². The molecule has 3 N–H and O–H groups in total. The van der Waals surface area contributed by atoms with Crippen LogP contribution in [0.5, 0.6) is 0 Å². The number of hydrogen-bond acceptors (Lipinski definition) is 7. The van der Waals surface area contributed by atoms with Crippen LogP contribution in [0, 0.1) is 46.3 Å². The molecule has 7 heteroatoms. The number of fused-ring (bicyclic) bond motifs is 5. The van der Waals surface area contributed by atoms with Gasteiger partial charge in [-0.2, -0.15) is 0 Å². The quantitative estimate of drug-likeness (QED) is 0.0738. The summed E-state index contributed by atoms with van der Waals surface area (Å²) in [5.41, 5.74) is 2.15. The molecule has 1 aliphatic heterocycles. The highest BCUT2D eigenvalue weighted by molar-refractivity contribution is 5.69. The Morgan fingerprint density at radius 3 is 2.31 bits per heavy atom. The summed E-state index contributed by atoms with van der Waals surface area (Å²) in [5, 5.41) is 32.3. The third-order valence-corrected chi connectivity index (χ3v) is 14.9. The standard InChI is InChI=1S/C44H76O7/c1-7-8-9-10-11-12-13-14-18-38(45)49-28-37-39(46)40(47)41(48)42(51-37)50-32-23-25-43(5)31(27-32)19-20-33-35-22-21-34(30(4)17-15-16-29(2)3)44(35,6)26-24-36(33)43/h19,29-30,32-37,39-42,46-48H,7-18,20-28H2,1-6H3. The first kappa shape index (κ1) is 41.2. The molecule has 7 nitrogen and oxygen atoms in total. The molecule has 4 fully saturated rings. The maximum absolute atomic E-state index is 12.4. The van der Waals surface area contributed by atoms with Crippen LogP contribution in [0.1, 0.15) is 170 Å². The lowest BCUT2D eigenvalue weighted by Crippen LogP contribution is -2.60. The number of allylic oxidation sites excluding steroid dienone is 1. The maximum Gasteiger partial charge on any atom is 0.305 e. The summed E-state index contributed by atoms with van der Waals surface area (Å²) >= 11 is 0. The van der Waals surface area contributed by atoms with Gasteiger partial charge in [0.1, 0.15) is 31.0 Å². The van der Waals surface area contributed by atoms with Crippen molar-refractivity contribution in [3.63, 3.8) is 0 Å². The van der Waals surface area contributed by atoms with E-state index in [9.17, 15) is 20.1 Å². The van der Waals surface area contributed by atoms with Crippen molar-refractivity contribution in [3.05, 3.63) is 11.6 Å². The Hall–Kier alpha value is -0.990.